The van der Waals surface area contributed by atoms with Crippen LogP contribution in [0.2, 0.25) is 0 Å². The van der Waals surface area contributed by atoms with Crippen LogP contribution in [0, 0.1) is 0 Å². The van der Waals surface area contributed by atoms with E-state index in [1.807, 2.05) is 36.0 Å². The van der Waals surface area contributed by atoms with Crippen LogP contribution in [0.5, 0.6) is 11.5 Å². The second-order valence-electron chi connectivity index (χ2n) is 4.65. The number of rotatable bonds is 10. The van der Waals surface area contributed by atoms with E-state index in [-0.39, 0.29) is 24.0 Å². The van der Waals surface area contributed by atoms with Crippen LogP contribution in [0.15, 0.2) is 29.3 Å². The Kier molecular flexibility index (Phi) is 14.2. The van der Waals surface area contributed by atoms with Crippen molar-refractivity contribution in [3.8, 4) is 11.5 Å². The van der Waals surface area contributed by atoms with E-state index < -0.39 is 0 Å². The van der Waals surface area contributed by atoms with Crippen LogP contribution in [-0.4, -0.2) is 51.8 Å². The summed E-state index contributed by atoms with van der Waals surface area (Å²) in [5.74, 6) is 3.63. The van der Waals surface area contributed by atoms with E-state index in [9.17, 15) is 0 Å². The summed E-state index contributed by atoms with van der Waals surface area (Å²) in [5.41, 5.74) is 0. The van der Waals surface area contributed by atoms with Crippen molar-refractivity contribution in [3.63, 3.8) is 0 Å². The first-order chi connectivity index (χ1) is 10.8. The van der Waals surface area contributed by atoms with Gasteiger partial charge in [0, 0.05) is 19.7 Å². The predicted octanol–water partition coefficient (Wildman–Crippen LogP) is 3.00. The Hall–Kier alpha value is -0.830. The van der Waals surface area contributed by atoms with E-state index in [1.54, 1.807) is 14.2 Å². The summed E-state index contributed by atoms with van der Waals surface area (Å²) in [7, 11) is 3.43. The molecule has 5 nitrogen and oxygen atoms in total. The molecule has 0 spiro atoms. The maximum absolute atomic E-state index is 5.67. The van der Waals surface area contributed by atoms with Gasteiger partial charge in [0.25, 0.3) is 0 Å². The van der Waals surface area contributed by atoms with Gasteiger partial charge in [0.15, 0.2) is 5.96 Å². The molecular weight excluding hydrogens is 425 g/mol. The fourth-order valence-electron chi connectivity index (χ4n) is 1.83. The molecule has 0 unspecified atom stereocenters. The molecule has 0 amide bonds. The van der Waals surface area contributed by atoms with Crippen LogP contribution < -0.4 is 20.1 Å². The molecule has 0 aromatic heterocycles. The number of benzene rings is 1. The van der Waals surface area contributed by atoms with Gasteiger partial charge in [0.2, 0.25) is 0 Å². The van der Waals surface area contributed by atoms with E-state index >= 15 is 0 Å². The number of halogens is 1. The molecule has 7 heteroatoms. The predicted molar refractivity (Wildman–Crippen MR) is 111 cm³/mol. The molecule has 0 aliphatic rings. The Morgan fingerprint density at radius 3 is 2.61 bits per heavy atom. The van der Waals surface area contributed by atoms with Crippen molar-refractivity contribution in [3.05, 3.63) is 24.3 Å². The molecule has 23 heavy (non-hydrogen) atoms. The second kappa shape index (κ2) is 14.7. The molecule has 2 N–H and O–H groups in total. The molecule has 1 aromatic carbocycles. The number of nitrogens with zero attached hydrogens (tertiary/aromatic N) is 1. The first-order valence-electron chi connectivity index (χ1n) is 7.50. The van der Waals surface area contributed by atoms with E-state index in [0.29, 0.717) is 13.2 Å². The Morgan fingerprint density at radius 2 is 1.91 bits per heavy atom. The van der Waals surface area contributed by atoms with Gasteiger partial charge in [-0.05, 0) is 37.0 Å². The Bertz CT molecular complexity index is 447. The lowest BCUT2D eigenvalue weighted by Crippen LogP contribution is -2.39. The largest absolute Gasteiger partial charge is 0.497 e. The van der Waals surface area contributed by atoms with E-state index in [2.05, 4.69) is 21.9 Å². The normalized spacial score (nSPS) is 10.7. The molecule has 0 fully saturated rings. The monoisotopic (exact) mass is 453 g/mol. The number of hydrogen-bond donors (Lipinski definition) is 2. The number of ether oxygens (including phenoxy) is 2. The fraction of sp³-hybridized carbons (Fsp3) is 0.562. The molecule has 0 saturated carbocycles. The lowest BCUT2D eigenvalue weighted by Gasteiger charge is -2.12. The maximum Gasteiger partial charge on any atom is 0.191 e. The molecule has 0 aliphatic heterocycles. The van der Waals surface area contributed by atoms with E-state index in [4.69, 9.17) is 9.47 Å². The molecule has 1 rings (SSSR count). The number of methoxy groups -OCH3 is 1. The molecular formula is C16H28IN3O2S. The Labute approximate surface area is 161 Å². The van der Waals surface area contributed by atoms with Gasteiger partial charge in [-0.2, -0.15) is 11.8 Å². The average Bonchev–Trinajstić information content (AvgIpc) is 2.56. The first-order valence-corrected chi connectivity index (χ1v) is 8.90. The lowest BCUT2D eigenvalue weighted by molar-refractivity contribution is 0.319. The van der Waals surface area contributed by atoms with Crippen molar-refractivity contribution >= 4 is 41.7 Å². The number of guanidine groups is 1. The number of aliphatic imine (C=N–C) groups is 1. The summed E-state index contributed by atoms with van der Waals surface area (Å²) in [6.07, 6.45) is 4.52. The minimum absolute atomic E-state index is 0. The van der Waals surface area contributed by atoms with Crippen LogP contribution in [0.3, 0.4) is 0 Å². The second-order valence-corrected chi connectivity index (χ2v) is 5.64. The van der Waals surface area contributed by atoms with Gasteiger partial charge in [0.1, 0.15) is 18.1 Å². The highest BCUT2D eigenvalue weighted by atomic mass is 127. The molecule has 132 valence electrons. The van der Waals surface area contributed by atoms with Gasteiger partial charge >= 0.3 is 0 Å². The summed E-state index contributed by atoms with van der Waals surface area (Å²) in [6.45, 7) is 2.21. The highest BCUT2D eigenvalue weighted by Gasteiger charge is 1.99. The Balaban J connectivity index is 0.00000484. The number of hydrogen-bond acceptors (Lipinski definition) is 4. The zero-order valence-electron chi connectivity index (χ0n) is 14.1. The summed E-state index contributed by atoms with van der Waals surface area (Å²) in [6, 6.07) is 7.60. The van der Waals surface area contributed by atoms with Gasteiger partial charge in [-0.15, -0.1) is 24.0 Å². The van der Waals surface area contributed by atoms with Crippen molar-refractivity contribution in [2.75, 3.05) is 45.9 Å². The smallest absolute Gasteiger partial charge is 0.191 e. The van der Waals surface area contributed by atoms with Crippen molar-refractivity contribution in [1.29, 1.82) is 0 Å². The van der Waals surface area contributed by atoms with Crippen LogP contribution in [0.1, 0.15) is 12.8 Å². The minimum atomic E-state index is 0. The highest BCUT2D eigenvalue weighted by molar-refractivity contribution is 14.0. The van der Waals surface area contributed by atoms with Crippen molar-refractivity contribution in [2.24, 2.45) is 4.99 Å². The first kappa shape index (κ1) is 22.2. The third-order valence-corrected chi connectivity index (χ3v) is 3.69. The topological polar surface area (TPSA) is 54.9 Å². The number of thioether (sulfide) groups is 1. The van der Waals surface area contributed by atoms with Crippen molar-refractivity contribution in [2.45, 2.75) is 12.8 Å². The van der Waals surface area contributed by atoms with Gasteiger partial charge in [-0.25, -0.2) is 0 Å². The van der Waals surface area contributed by atoms with Crippen LogP contribution >= 0.6 is 35.7 Å². The highest BCUT2D eigenvalue weighted by Crippen LogP contribution is 2.18. The maximum atomic E-state index is 5.67. The zero-order valence-corrected chi connectivity index (χ0v) is 17.3. The average molecular weight is 453 g/mol. The van der Waals surface area contributed by atoms with E-state index in [1.165, 1.54) is 12.2 Å². The summed E-state index contributed by atoms with van der Waals surface area (Å²) in [5, 5.41) is 6.54. The Morgan fingerprint density at radius 1 is 1.17 bits per heavy atom. The zero-order chi connectivity index (χ0) is 16.0. The van der Waals surface area contributed by atoms with Crippen molar-refractivity contribution < 1.29 is 9.47 Å². The lowest BCUT2D eigenvalue weighted by atomic mass is 10.3. The fourth-order valence-corrected chi connectivity index (χ4v) is 2.32. The molecule has 0 atom stereocenters. The number of nitrogens with one attached hydrogen (secondary N) is 2. The molecule has 0 aliphatic carbocycles. The summed E-state index contributed by atoms with van der Waals surface area (Å²) in [4.78, 5) is 4.19. The SMILES string of the molecule is CN=C(NCCCCSC)NCCOc1cccc(OC)c1.I. The molecule has 0 saturated heterocycles. The van der Waals surface area contributed by atoms with Crippen LogP contribution in [0.25, 0.3) is 0 Å². The number of unbranched alkanes of at least 4 members (excludes halogenated alkanes) is 1. The van der Waals surface area contributed by atoms with Gasteiger partial charge < -0.3 is 20.1 Å². The third-order valence-electron chi connectivity index (χ3n) is 3.00. The molecule has 0 radical (unpaired) electrons. The van der Waals surface area contributed by atoms with Crippen molar-refractivity contribution in [1.82, 2.24) is 10.6 Å². The molecule has 1 aromatic rings. The van der Waals surface area contributed by atoms with Crippen LogP contribution in [-0.2, 0) is 0 Å². The van der Waals surface area contributed by atoms with Crippen LogP contribution in [0.4, 0.5) is 0 Å². The van der Waals surface area contributed by atoms with Gasteiger partial charge in [-0.1, -0.05) is 6.07 Å². The van der Waals surface area contributed by atoms with Gasteiger partial charge in [0.05, 0.1) is 13.7 Å². The standard InChI is InChI=1S/C16H27N3O2S.HI/c1-17-16(18-9-4-5-12-22-3)19-10-11-21-15-8-6-7-14(13-15)20-2;/h6-8,13H,4-5,9-12H2,1-3H3,(H2,17,18,19);1H. The molecule has 0 heterocycles. The minimum Gasteiger partial charge on any atom is -0.497 e. The third kappa shape index (κ3) is 10.5. The molecule has 0 bridgehead atoms. The summed E-state index contributed by atoms with van der Waals surface area (Å²) >= 11 is 1.88. The van der Waals surface area contributed by atoms with E-state index in [0.717, 1.165) is 30.4 Å². The van der Waals surface area contributed by atoms with Gasteiger partial charge in [-0.3, -0.25) is 4.99 Å². The quantitative estimate of drug-likeness (QED) is 0.247. The summed E-state index contributed by atoms with van der Waals surface area (Å²) < 4.78 is 10.8.